The van der Waals surface area contributed by atoms with Gasteiger partial charge in [-0.15, -0.1) is 0 Å². The van der Waals surface area contributed by atoms with E-state index < -0.39 is 0 Å². The Bertz CT molecular complexity index is 1120. The summed E-state index contributed by atoms with van der Waals surface area (Å²) in [6.07, 6.45) is 4.83. The minimum Gasteiger partial charge on any atom is -0.490 e. The van der Waals surface area contributed by atoms with Crippen LogP contribution in [0, 0.1) is 0 Å². The van der Waals surface area contributed by atoms with Crippen molar-refractivity contribution >= 4 is 23.4 Å². The number of fused-ring (bicyclic) bond motifs is 2. The highest BCUT2D eigenvalue weighted by Gasteiger charge is 2.39. The lowest BCUT2D eigenvalue weighted by atomic mass is 9.92. The van der Waals surface area contributed by atoms with Crippen LogP contribution in [0.4, 0.5) is 5.69 Å². The second-order valence-electron chi connectivity index (χ2n) is 9.99. The van der Waals surface area contributed by atoms with Crippen LogP contribution in [0.1, 0.15) is 54.4 Å². The highest BCUT2D eigenvalue weighted by Crippen LogP contribution is 2.32. The molecule has 0 bridgehead atoms. The van der Waals surface area contributed by atoms with Crippen molar-refractivity contribution in [2.75, 3.05) is 19.0 Å². The van der Waals surface area contributed by atoms with Crippen LogP contribution in [0.2, 0.25) is 0 Å². The molecule has 8 heteroatoms. The van der Waals surface area contributed by atoms with Crippen LogP contribution in [0.25, 0.3) is 0 Å². The number of rotatable bonds is 6. The minimum absolute atomic E-state index is 0.0338. The molecule has 2 aromatic rings. The average molecular weight is 492 g/mol. The number of nitrogens with one attached hydrogen (secondary N) is 2. The molecule has 2 aromatic carbocycles. The maximum absolute atomic E-state index is 13.4. The molecule has 0 spiro atoms. The summed E-state index contributed by atoms with van der Waals surface area (Å²) in [5.74, 6) is 0.164. The molecule has 1 aliphatic carbocycles. The number of benzene rings is 2. The first-order chi connectivity index (χ1) is 17.5. The summed E-state index contributed by atoms with van der Waals surface area (Å²) in [6.45, 7) is 0.287. The van der Waals surface area contributed by atoms with Crippen LogP contribution in [0.5, 0.6) is 5.75 Å². The maximum atomic E-state index is 13.4. The van der Waals surface area contributed by atoms with Crippen LogP contribution in [0.3, 0.4) is 0 Å². The molecule has 2 fully saturated rings. The Balaban J connectivity index is 1.23. The van der Waals surface area contributed by atoms with Crippen molar-refractivity contribution < 1.29 is 23.9 Å². The van der Waals surface area contributed by atoms with Crippen molar-refractivity contribution in [3.05, 3.63) is 59.7 Å². The predicted octanol–water partition coefficient (Wildman–Crippen LogP) is 3.31. The van der Waals surface area contributed by atoms with Gasteiger partial charge in [0.1, 0.15) is 18.5 Å². The fourth-order valence-corrected chi connectivity index (χ4v) is 5.14. The van der Waals surface area contributed by atoms with E-state index in [1.54, 1.807) is 30.1 Å². The number of ether oxygens (including phenoxy) is 2. The van der Waals surface area contributed by atoms with Gasteiger partial charge in [0.2, 0.25) is 11.8 Å². The van der Waals surface area contributed by atoms with E-state index >= 15 is 0 Å². The molecule has 190 valence electrons. The first-order valence-corrected chi connectivity index (χ1v) is 12.8. The Hall–Kier alpha value is -3.39. The first-order valence-electron chi connectivity index (χ1n) is 12.8. The summed E-state index contributed by atoms with van der Waals surface area (Å²) < 4.78 is 12.3. The summed E-state index contributed by atoms with van der Waals surface area (Å²) in [5, 5.41) is 5.96. The zero-order valence-corrected chi connectivity index (χ0v) is 20.6. The fraction of sp³-hybridized carbons (Fsp3) is 0.464. The van der Waals surface area contributed by atoms with Gasteiger partial charge in [-0.2, -0.15) is 0 Å². The van der Waals surface area contributed by atoms with Gasteiger partial charge in [-0.3, -0.25) is 14.4 Å². The molecule has 2 N–H and O–H groups in total. The van der Waals surface area contributed by atoms with Gasteiger partial charge in [0.15, 0.2) is 0 Å². The second-order valence-corrected chi connectivity index (χ2v) is 9.99. The van der Waals surface area contributed by atoms with Gasteiger partial charge in [0.05, 0.1) is 30.6 Å². The fourth-order valence-electron chi connectivity index (χ4n) is 5.14. The molecule has 1 saturated carbocycles. The molecular weight excluding hydrogens is 458 g/mol. The van der Waals surface area contributed by atoms with E-state index in [-0.39, 0.29) is 49.0 Å². The Morgan fingerprint density at radius 1 is 1.03 bits per heavy atom. The molecule has 5 rings (SSSR count). The standard InChI is InChI=1S/C28H33N3O5/c1-31-23-12-11-21(16-27(33)29-19-8-5-9-19)36-25(23)17-35-24-13-10-20(15-22(24)28(31)34)30-26(32)14-18-6-3-2-4-7-18/h2-4,6-7,10,13,15,19,21,23,25H,5,8-9,11-12,14,16-17H2,1H3,(H,29,33)(H,30,32)/t21-,23-,25+/m0/s1. The van der Waals surface area contributed by atoms with Crippen molar-refractivity contribution in [1.29, 1.82) is 0 Å². The van der Waals surface area contributed by atoms with Gasteiger partial charge in [0.25, 0.3) is 5.91 Å². The molecule has 3 atom stereocenters. The van der Waals surface area contributed by atoms with Gasteiger partial charge in [0, 0.05) is 18.8 Å². The molecule has 3 amide bonds. The van der Waals surface area contributed by atoms with Crippen LogP contribution in [-0.2, 0) is 20.7 Å². The number of carbonyl (C=O) groups is 3. The smallest absolute Gasteiger partial charge is 0.257 e. The van der Waals surface area contributed by atoms with Gasteiger partial charge >= 0.3 is 0 Å². The van der Waals surface area contributed by atoms with Gasteiger partial charge in [-0.25, -0.2) is 0 Å². The van der Waals surface area contributed by atoms with E-state index in [2.05, 4.69) is 10.6 Å². The van der Waals surface area contributed by atoms with Crippen molar-refractivity contribution in [3.63, 3.8) is 0 Å². The van der Waals surface area contributed by atoms with E-state index in [0.29, 0.717) is 35.9 Å². The molecule has 36 heavy (non-hydrogen) atoms. The van der Waals surface area contributed by atoms with E-state index in [1.165, 1.54) is 6.42 Å². The molecule has 2 heterocycles. The van der Waals surface area contributed by atoms with E-state index in [4.69, 9.17) is 9.47 Å². The third-order valence-corrected chi connectivity index (χ3v) is 7.39. The Morgan fingerprint density at radius 2 is 1.83 bits per heavy atom. The first kappa shape index (κ1) is 24.3. The lowest BCUT2D eigenvalue weighted by Gasteiger charge is -2.42. The number of nitrogens with zero attached hydrogens (tertiary/aromatic N) is 1. The molecule has 0 radical (unpaired) electrons. The number of likely N-dealkylation sites (N-methyl/N-ethyl adjacent to an activating group) is 1. The minimum atomic E-state index is -0.312. The highest BCUT2D eigenvalue weighted by atomic mass is 16.5. The van der Waals surface area contributed by atoms with Gasteiger partial charge in [-0.05, 0) is 55.9 Å². The van der Waals surface area contributed by atoms with E-state index in [9.17, 15) is 14.4 Å². The monoisotopic (exact) mass is 491 g/mol. The second kappa shape index (κ2) is 10.7. The number of anilines is 1. The van der Waals surface area contributed by atoms with Crippen LogP contribution in [-0.4, -0.2) is 60.6 Å². The van der Waals surface area contributed by atoms with Crippen LogP contribution in [0.15, 0.2) is 48.5 Å². The molecule has 0 unspecified atom stereocenters. The summed E-state index contributed by atoms with van der Waals surface area (Å²) in [5.41, 5.74) is 1.88. The Morgan fingerprint density at radius 3 is 2.58 bits per heavy atom. The molecule has 0 aromatic heterocycles. The molecule has 1 saturated heterocycles. The molecule has 3 aliphatic rings. The number of hydrogen-bond acceptors (Lipinski definition) is 5. The topological polar surface area (TPSA) is 97.0 Å². The Labute approximate surface area is 211 Å². The number of amides is 3. The van der Waals surface area contributed by atoms with Gasteiger partial charge < -0.3 is 25.0 Å². The third kappa shape index (κ3) is 5.54. The van der Waals surface area contributed by atoms with Gasteiger partial charge in [-0.1, -0.05) is 30.3 Å². The normalized spacial score (nSPS) is 23.8. The van der Waals surface area contributed by atoms with Crippen LogP contribution >= 0.6 is 0 Å². The molecule has 2 aliphatic heterocycles. The summed E-state index contributed by atoms with van der Waals surface area (Å²) in [7, 11) is 1.78. The van der Waals surface area contributed by atoms with Crippen molar-refractivity contribution in [3.8, 4) is 5.75 Å². The third-order valence-electron chi connectivity index (χ3n) is 7.39. The van der Waals surface area contributed by atoms with Crippen molar-refractivity contribution in [2.45, 2.75) is 69.2 Å². The van der Waals surface area contributed by atoms with Crippen molar-refractivity contribution in [1.82, 2.24) is 10.2 Å². The summed E-state index contributed by atoms with van der Waals surface area (Å²) in [4.78, 5) is 40.0. The number of hydrogen-bond donors (Lipinski definition) is 2. The number of carbonyl (C=O) groups excluding carboxylic acids is 3. The lowest BCUT2D eigenvalue weighted by molar-refractivity contribution is -0.135. The van der Waals surface area contributed by atoms with Crippen LogP contribution < -0.4 is 15.4 Å². The Kier molecular flexibility index (Phi) is 7.23. The summed E-state index contributed by atoms with van der Waals surface area (Å²) in [6, 6.07) is 14.8. The predicted molar refractivity (Wildman–Crippen MR) is 135 cm³/mol. The zero-order valence-electron chi connectivity index (χ0n) is 20.6. The zero-order chi connectivity index (χ0) is 25.1. The quantitative estimate of drug-likeness (QED) is 0.646. The van der Waals surface area contributed by atoms with E-state index in [0.717, 1.165) is 24.8 Å². The average Bonchev–Trinajstić information content (AvgIpc) is 2.84. The maximum Gasteiger partial charge on any atom is 0.257 e. The lowest BCUT2D eigenvalue weighted by Crippen LogP contribution is -2.54. The molecule has 8 nitrogen and oxygen atoms in total. The van der Waals surface area contributed by atoms with Crippen molar-refractivity contribution in [2.24, 2.45) is 0 Å². The highest BCUT2D eigenvalue weighted by molar-refractivity contribution is 6.00. The largest absolute Gasteiger partial charge is 0.490 e. The van der Waals surface area contributed by atoms with E-state index in [1.807, 2.05) is 30.3 Å². The molecular formula is C28H33N3O5. The summed E-state index contributed by atoms with van der Waals surface area (Å²) >= 11 is 0. The SMILES string of the molecule is CN1C(=O)c2cc(NC(=O)Cc3ccccc3)ccc2OC[C@H]2O[C@H](CC(=O)NC3CCC3)CC[C@@H]21.